The molecule has 1 aromatic carbocycles. The molecule has 2 nitrogen and oxygen atoms in total. The predicted molar refractivity (Wildman–Crippen MR) is 69.9 cm³/mol. The Bertz CT molecular complexity index is 572. The van der Waals surface area contributed by atoms with Gasteiger partial charge in [-0.1, -0.05) is 0 Å². The third-order valence-corrected chi connectivity index (χ3v) is 3.55. The summed E-state index contributed by atoms with van der Waals surface area (Å²) in [4.78, 5) is 6.18. The summed E-state index contributed by atoms with van der Waals surface area (Å²) in [5.41, 5.74) is 1.38. The Morgan fingerprint density at radius 3 is 2.89 bits per heavy atom. The Hall–Kier alpha value is -1.97. The molecule has 1 saturated heterocycles. The van der Waals surface area contributed by atoms with Crippen LogP contribution in [0.5, 0.6) is 0 Å². The van der Waals surface area contributed by atoms with Crippen molar-refractivity contribution in [2.45, 2.75) is 18.9 Å². The Morgan fingerprint density at radius 1 is 1.21 bits per heavy atom. The minimum Gasteiger partial charge on any atom is -0.363 e. The van der Waals surface area contributed by atoms with Gasteiger partial charge in [0.15, 0.2) is 0 Å². The molecule has 1 aromatic heterocycles. The molecule has 1 atom stereocenters. The third kappa shape index (κ3) is 2.30. The molecule has 1 aliphatic rings. The normalized spacial score (nSPS) is 18.8. The van der Waals surface area contributed by atoms with Crippen molar-refractivity contribution in [1.82, 2.24) is 4.98 Å². The van der Waals surface area contributed by atoms with Crippen LogP contribution >= 0.6 is 0 Å². The summed E-state index contributed by atoms with van der Waals surface area (Å²) >= 11 is 0. The lowest BCUT2D eigenvalue weighted by molar-refractivity contribution is 0.561. The van der Waals surface area contributed by atoms with E-state index in [-0.39, 0.29) is 11.9 Å². The zero-order chi connectivity index (χ0) is 13.2. The number of pyridine rings is 1. The molecule has 0 saturated carbocycles. The number of aromatic nitrogens is 1. The molecule has 0 aliphatic carbocycles. The fourth-order valence-electron chi connectivity index (χ4n) is 2.69. The summed E-state index contributed by atoms with van der Waals surface area (Å²) in [6.07, 6.45) is 5.26. The molecule has 98 valence electrons. The van der Waals surface area contributed by atoms with Gasteiger partial charge in [-0.05, 0) is 43.2 Å². The lowest BCUT2D eigenvalue weighted by atomic mass is 10.0. The third-order valence-electron chi connectivity index (χ3n) is 3.55. The number of halogens is 2. The first kappa shape index (κ1) is 12.1. The van der Waals surface area contributed by atoms with Crippen LogP contribution in [0.2, 0.25) is 0 Å². The van der Waals surface area contributed by atoms with Gasteiger partial charge in [-0.25, -0.2) is 8.78 Å². The van der Waals surface area contributed by atoms with Crippen molar-refractivity contribution in [3.8, 4) is 0 Å². The Labute approximate surface area is 110 Å². The first-order valence-electron chi connectivity index (χ1n) is 6.37. The topological polar surface area (TPSA) is 16.1 Å². The van der Waals surface area contributed by atoms with Gasteiger partial charge in [-0.3, -0.25) is 4.98 Å². The minimum atomic E-state index is -0.394. The van der Waals surface area contributed by atoms with E-state index >= 15 is 0 Å². The highest BCUT2D eigenvalue weighted by atomic mass is 19.1. The van der Waals surface area contributed by atoms with Crippen LogP contribution in [-0.4, -0.2) is 11.5 Å². The maximum Gasteiger partial charge on any atom is 0.128 e. The molecule has 0 bridgehead atoms. The molecule has 0 spiro atoms. The molecule has 0 unspecified atom stereocenters. The van der Waals surface area contributed by atoms with Gasteiger partial charge in [0.1, 0.15) is 11.6 Å². The molecule has 2 aromatic rings. The number of rotatable bonds is 2. The van der Waals surface area contributed by atoms with Crippen molar-refractivity contribution in [2.24, 2.45) is 0 Å². The summed E-state index contributed by atoms with van der Waals surface area (Å²) in [6.45, 7) is 0.840. The first-order chi connectivity index (χ1) is 9.25. The fraction of sp³-hybridized carbons (Fsp3) is 0.267. The van der Waals surface area contributed by atoms with Crippen molar-refractivity contribution in [2.75, 3.05) is 11.4 Å². The maximum absolute atomic E-state index is 13.9. The molecule has 0 radical (unpaired) electrons. The van der Waals surface area contributed by atoms with Crippen molar-refractivity contribution in [1.29, 1.82) is 0 Å². The summed E-state index contributed by atoms with van der Waals surface area (Å²) in [6, 6.07) is 7.34. The van der Waals surface area contributed by atoms with E-state index in [2.05, 4.69) is 9.88 Å². The van der Waals surface area contributed by atoms with E-state index < -0.39 is 5.82 Å². The Kier molecular flexibility index (Phi) is 3.15. The highest BCUT2D eigenvalue weighted by Crippen LogP contribution is 2.36. The van der Waals surface area contributed by atoms with Crippen LogP contribution in [0, 0.1) is 11.6 Å². The highest BCUT2D eigenvalue weighted by molar-refractivity contribution is 5.48. The van der Waals surface area contributed by atoms with E-state index in [1.54, 1.807) is 12.4 Å². The Balaban J connectivity index is 1.97. The van der Waals surface area contributed by atoms with Crippen LogP contribution in [0.1, 0.15) is 24.4 Å². The summed E-state index contributed by atoms with van der Waals surface area (Å²) in [7, 11) is 0. The second-order valence-electron chi connectivity index (χ2n) is 4.73. The SMILES string of the molecule is Fc1ccc(F)c([C@H]2CCCN2c2cccnc2)c1. The van der Waals surface area contributed by atoms with E-state index in [4.69, 9.17) is 0 Å². The molecular weight excluding hydrogens is 246 g/mol. The maximum atomic E-state index is 13.9. The molecule has 1 aliphatic heterocycles. The first-order valence-corrected chi connectivity index (χ1v) is 6.37. The average molecular weight is 260 g/mol. The van der Waals surface area contributed by atoms with E-state index in [9.17, 15) is 8.78 Å². The van der Waals surface area contributed by atoms with E-state index in [0.717, 1.165) is 31.1 Å². The van der Waals surface area contributed by atoms with Gasteiger partial charge in [0.25, 0.3) is 0 Å². The lowest BCUT2D eigenvalue weighted by Crippen LogP contribution is -2.23. The molecule has 0 N–H and O–H groups in total. The van der Waals surface area contributed by atoms with Gasteiger partial charge in [-0.2, -0.15) is 0 Å². The standard InChI is InChI=1S/C15H14F2N2/c16-11-5-6-14(17)13(9-11)15-4-2-8-19(15)12-3-1-7-18-10-12/h1,3,5-7,9-10,15H,2,4,8H2/t15-/m1/s1. The molecule has 4 heteroatoms. The summed E-state index contributed by atoms with van der Waals surface area (Å²) in [5, 5.41) is 0. The zero-order valence-electron chi connectivity index (χ0n) is 10.4. The van der Waals surface area contributed by atoms with Gasteiger partial charge < -0.3 is 4.90 Å². The zero-order valence-corrected chi connectivity index (χ0v) is 10.4. The number of hydrogen-bond donors (Lipinski definition) is 0. The molecule has 19 heavy (non-hydrogen) atoms. The van der Waals surface area contributed by atoms with Crippen molar-refractivity contribution in [3.05, 3.63) is 59.9 Å². The van der Waals surface area contributed by atoms with Crippen molar-refractivity contribution < 1.29 is 8.78 Å². The van der Waals surface area contributed by atoms with Crippen LogP contribution in [-0.2, 0) is 0 Å². The molecular formula is C15H14F2N2. The second-order valence-corrected chi connectivity index (χ2v) is 4.73. The Morgan fingerprint density at radius 2 is 2.11 bits per heavy atom. The van der Waals surface area contributed by atoms with Crippen LogP contribution in [0.25, 0.3) is 0 Å². The number of benzene rings is 1. The molecule has 3 rings (SSSR count). The minimum absolute atomic E-state index is 0.111. The lowest BCUT2D eigenvalue weighted by Gasteiger charge is -2.27. The van der Waals surface area contributed by atoms with Crippen LogP contribution in [0.3, 0.4) is 0 Å². The van der Waals surface area contributed by atoms with E-state index in [1.165, 1.54) is 12.1 Å². The predicted octanol–water partition coefficient (Wildman–Crippen LogP) is 3.70. The van der Waals surface area contributed by atoms with Crippen LogP contribution in [0.4, 0.5) is 14.5 Å². The van der Waals surface area contributed by atoms with E-state index in [1.807, 2.05) is 12.1 Å². The van der Waals surface area contributed by atoms with Crippen LogP contribution in [0.15, 0.2) is 42.7 Å². The monoisotopic (exact) mass is 260 g/mol. The van der Waals surface area contributed by atoms with E-state index in [0.29, 0.717) is 5.56 Å². The van der Waals surface area contributed by atoms with Crippen LogP contribution < -0.4 is 4.90 Å². The fourth-order valence-corrected chi connectivity index (χ4v) is 2.69. The highest BCUT2D eigenvalue weighted by Gasteiger charge is 2.28. The molecule has 0 amide bonds. The number of hydrogen-bond acceptors (Lipinski definition) is 2. The summed E-state index contributed by atoms with van der Waals surface area (Å²) in [5.74, 6) is -0.739. The van der Waals surface area contributed by atoms with Crippen molar-refractivity contribution >= 4 is 5.69 Å². The molecule has 2 heterocycles. The second kappa shape index (κ2) is 4.96. The van der Waals surface area contributed by atoms with Gasteiger partial charge in [0.05, 0.1) is 17.9 Å². The van der Waals surface area contributed by atoms with Gasteiger partial charge in [0, 0.05) is 18.3 Å². The number of nitrogens with zero attached hydrogens (tertiary/aromatic N) is 2. The van der Waals surface area contributed by atoms with Gasteiger partial charge in [0.2, 0.25) is 0 Å². The van der Waals surface area contributed by atoms with Gasteiger partial charge >= 0.3 is 0 Å². The molecule has 1 fully saturated rings. The number of anilines is 1. The van der Waals surface area contributed by atoms with Gasteiger partial charge in [-0.15, -0.1) is 0 Å². The average Bonchev–Trinajstić information content (AvgIpc) is 2.91. The summed E-state index contributed by atoms with van der Waals surface area (Å²) < 4.78 is 27.2. The smallest absolute Gasteiger partial charge is 0.128 e. The van der Waals surface area contributed by atoms with Crippen molar-refractivity contribution in [3.63, 3.8) is 0 Å². The quantitative estimate of drug-likeness (QED) is 0.818. The largest absolute Gasteiger partial charge is 0.363 e.